The molecular weight excluding hydrogens is 503 g/mol. The molecule has 0 radical (unpaired) electrons. The first kappa shape index (κ1) is 26.1. The zero-order valence-corrected chi connectivity index (χ0v) is 22.7. The van der Waals surface area contributed by atoms with Crippen molar-refractivity contribution in [1.29, 1.82) is 0 Å². The van der Waals surface area contributed by atoms with Crippen LogP contribution in [-0.4, -0.2) is 92.0 Å². The average Bonchev–Trinajstić information content (AvgIpc) is 3.47. The van der Waals surface area contributed by atoms with Crippen molar-refractivity contribution in [2.45, 2.75) is 50.0 Å². The van der Waals surface area contributed by atoms with Crippen LogP contribution in [0.25, 0.3) is 0 Å². The molecule has 11 heteroatoms. The Morgan fingerprint density at radius 3 is 2.72 bits per heavy atom. The van der Waals surface area contributed by atoms with Crippen molar-refractivity contribution in [1.82, 2.24) is 14.9 Å². The first-order chi connectivity index (χ1) is 18.8. The number of nitrogens with zero attached hydrogens (tertiary/aromatic N) is 5. The molecule has 1 atom stereocenters. The van der Waals surface area contributed by atoms with E-state index in [1.54, 1.807) is 18.0 Å². The van der Waals surface area contributed by atoms with Gasteiger partial charge in [0.2, 0.25) is 11.9 Å². The quantitative estimate of drug-likeness (QED) is 0.570. The number of aromatic nitrogens is 2. The minimum Gasteiger partial charge on any atom is -0.492 e. The maximum Gasteiger partial charge on any atom is 0.257 e. The summed E-state index contributed by atoms with van der Waals surface area (Å²) in [4.78, 5) is 41.8. The molecule has 2 fully saturated rings. The van der Waals surface area contributed by atoms with Gasteiger partial charge >= 0.3 is 0 Å². The van der Waals surface area contributed by atoms with E-state index >= 15 is 4.39 Å². The van der Waals surface area contributed by atoms with Gasteiger partial charge in [-0.15, -0.1) is 0 Å². The minimum atomic E-state index is -0.946. The van der Waals surface area contributed by atoms with E-state index in [0.717, 1.165) is 50.2 Å². The second kappa shape index (κ2) is 10.1. The number of aliphatic hydroxyl groups is 1. The van der Waals surface area contributed by atoms with Crippen LogP contribution in [0.3, 0.4) is 0 Å². The summed E-state index contributed by atoms with van der Waals surface area (Å²) < 4.78 is 21.6. The van der Waals surface area contributed by atoms with Crippen LogP contribution in [0.2, 0.25) is 0 Å². The van der Waals surface area contributed by atoms with Gasteiger partial charge in [0.15, 0.2) is 0 Å². The fourth-order valence-electron chi connectivity index (χ4n) is 6.93. The predicted octanol–water partition coefficient (Wildman–Crippen LogP) is 1.64. The maximum atomic E-state index is 15.7. The molecule has 1 aromatic heterocycles. The SMILES string of the molecule is CN1CCCc2c1nc(N1CCC3(CC1)C(=O)N(C)c1cc(OCCN4CCCC4CO)cc(F)c13)[nH]c2=O. The predicted molar refractivity (Wildman–Crippen MR) is 147 cm³/mol. The number of hydrogen-bond acceptors (Lipinski definition) is 8. The number of likely N-dealkylation sites (N-methyl/N-ethyl adjacent to an activating group) is 1. The number of benzene rings is 1. The molecule has 0 saturated carbocycles. The first-order valence-corrected chi connectivity index (χ1v) is 14.0. The molecule has 0 bridgehead atoms. The summed E-state index contributed by atoms with van der Waals surface area (Å²) in [6, 6.07) is 3.32. The van der Waals surface area contributed by atoms with E-state index in [1.165, 1.54) is 6.07 Å². The van der Waals surface area contributed by atoms with Crippen molar-refractivity contribution in [3.8, 4) is 5.75 Å². The van der Waals surface area contributed by atoms with E-state index in [1.807, 2.05) is 16.8 Å². The summed E-state index contributed by atoms with van der Waals surface area (Å²) in [5, 5.41) is 9.53. The van der Waals surface area contributed by atoms with E-state index in [4.69, 9.17) is 9.72 Å². The molecule has 1 unspecified atom stereocenters. The van der Waals surface area contributed by atoms with Crippen molar-refractivity contribution in [3.63, 3.8) is 0 Å². The lowest BCUT2D eigenvalue weighted by Gasteiger charge is -2.39. The van der Waals surface area contributed by atoms with Crippen LogP contribution >= 0.6 is 0 Å². The third kappa shape index (κ3) is 4.35. The Kier molecular flexibility index (Phi) is 6.74. The number of aliphatic hydroxyl groups excluding tert-OH is 1. The second-order valence-corrected chi connectivity index (χ2v) is 11.3. The fourth-order valence-corrected chi connectivity index (χ4v) is 6.93. The summed E-state index contributed by atoms with van der Waals surface area (Å²) in [5.41, 5.74) is 0.655. The minimum absolute atomic E-state index is 0.109. The number of H-pyrrole nitrogens is 1. The molecule has 2 aromatic rings. The van der Waals surface area contributed by atoms with Crippen molar-refractivity contribution in [2.24, 2.45) is 0 Å². The van der Waals surface area contributed by atoms with Gasteiger partial charge in [-0.25, -0.2) is 4.39 Å². The highest BCUT2D eigenvalue weighted by atomic mass is 19.1. The lowest BCUT2D eigenvalue weighted by molar-refractivity contribution is -0.123. The lowest BCUT2D eigenvalue weighted by atomic mass is 9.73. The van der Waals surface area contributed by atoms with Gasteiger partial charge in [-0.1, -0.05) is 0 Å². The Morgan fingerprint density at radius 2 is 1.95 bits per heavy atom. The Morgan fingerprint density at radius 1 is 1.15 bits per heavy atom. The number of amides is 1. The molecule has 5 heterocycles. The number of halogens is 1. The molecule has 10 nitrogen and oxygen atoms in total. The van der Waals surface area contributed by atoms with Crippen LogP contribution in [0, 0.1) is 5.82 Å². The third-order valence-corrected chi connectivity index (χ3v) is 9.13. The highest BCUT2D eigenvalue weighted by Crippen LogP contribution is 2.50. The number of aromatic amines is 1. The van der Waals surface area contributed by atoms with Crippen LogP contribution in [0.15, 0.2) is 16.9 Å². The van der Waals surface area contributed by atoms with Crippen LogP contribution in [0.4, 0.5) is 21.8 Å². The van der Waals surface area contributed by atoms with Crippen LogP contribution in [-0.2, 0) is 16.6 Å². The summed E-state index contributed by atoms with van der Waals surface area (Å²) in [5.74, 6) is 1.09. The molecule has 4 aliphatic heterocycles. The number of fused-ring (bicyclic) bond motifs is 3. The molecule has 210 valence electrons. The molecule has 1 spiro atoms. The molecule has 4 aliphatic rings. The smallest absolute Gasteiger partial charge is 0.257 e. The van der Waals surface area contributed by atoms with E-state index < -0.39 is 11.2 Å². The molecule has 2 saturated heterocycles. The summed E-state index contributed by atoms with van der Waals surface area (Å²) in [7, 11) is 3.64. The topological polar surface area (TPSA) is 105 Å². The zero-order valence-electron chi connectivity index (χ0n) is 22.7. The van der Waals surface area contributed by atoms with Crippen molar-refractivity contribution in [3.05, 3.63) is 39.4 Å². The van der Waals surface area contributed by atoms with Gasteiger partial charge in [0.1, 0.15) is 24.0 Å². The number of ether oxygens (including phenoxy) is 1. The third-order valence-electron chi connectivity index (χ3n) is 9.13. The number of nitrogens with one attached hydrogen (secondary N) is 1. The number of piperidine rings is 1. The van der Waals surface area contributed by atoms with E-state index in [-0.39, 0.29) is 24.1 Å². The number of hydrogen-bond donors (Lipinski definition) is 2. The highest BCUT2D eigenvalue weighted by molar-refractivity contribution is 6.08. The van der Waals surface area contributed by atoms with E-state index in [9.17, 15) is 14.7 Å². The number of anilines is 3. The molecule has 1 aromatic carbocycles. The van der Waals surface area contributed by atoms with Crippen LogP contribution in [0.5, 0.6) is 5.75 Å². The standard InChI is InChI=1S/C28H37FN6O4/c1-32-9-4-6-20-24(32)30-27(31-25(20)37)35-11-7-28(8-12-35)23-21(29)15-19(16-22(23)33(2)26(28)38)39-14-13-34-10-3-5-18(34)17-36/h15-16,18,36H,3-14,17H2,1-2H3,(H,30,31,37). The molecule has 0 aliphatic carbocycles. The largest absolute Gasteiger partial charge is 0.492 e. The van der Waals surface area contributed by atoms with Crippen LogP contribution in [0.1, 0.15) is 43.2 Å². The van der Waals surface area contributed by atoms with Crippen LogP contribution < -0.4 is 25.0 Å². The Bertz CT molecular complexity index is 1320. The number of carbonyl (C=O) groups excluding carboxylic acids is 1. The van der Waals surface area contributed by atoms with Crippen molar-refractivity contribution < 1.29 is 19.0 Å². The fraction of sp³-hybridized carbons (Fsp3) is 0.607. The average molecular weight is 541 g/mol. The van der Waals surface area contributed by atoms with Gasteiger partial charge in [-0.2, -0.15) is 4.98 Å². The normalized spacial score (nSPS) is 22.5. The number of rotatable bonds is 6. The monoisotopic (exact) mass is 540 g/mol. The number of likely N-dealkylation sites (tertiary alicyclic amines) is 1. The van der Waals surface area contributed by atoms with E-state index in [2.05, 4.69) is 9.88 Å². The molecule has 2 N–H and O–H groups in total. The summed E-state index contributed by atoms with van der Waals surface area (Å²) in [6.45, 7) is 3.91. The van der Waals surface area contributed by atoms with Crippen molar-refractivity contribution in [2.75, 3.05) is 74.7 Å². The molecule has 1 amide bonds. The summed E-state index contributed by atoms with van der Waals surface area (Å²) >= 11 is 0. The molecule has 39 heavy (non-hydrogen) atoms. The van der Waals surface area contributed by atoms with Gasteiger partial charge < -0.3 is 24.5 Å². The van der Waals surface area contributed by atoms with Gasteiger partial charge in [-0.3, -0.25) is 19.5 Å². The summed E-state index contributed by atoms with van der Waals surface area (Å²) in [6.07, 6.45) is 4.53. The maximum absolute atomic E-state index is 15.7. The Hall–Kier alpha value is -3.18. The van der Waals surface area contributed by atoms with E-state index in [0.29, 0.717) is 62.0 Å². The zero-order chi connectivity index (χ0) is 27.3. The molecule has 6 rings (SSSR count). The number of carbonyl (C=O) groups is 1. The van der Waals surface area contributed by atoms with Gasteiger partial charge in [0.05, 0.1) is 23.3 Å². The molecular formula is C28H37FN6O4. The Balaban J connectivity index is 1.19. The first-order valence-electron chi connectivity index (χ1n) is 14.0. The van der Waals surface area contributed by atoms with Crippen molar-refractivity contribution >= 4 is 23.4 Å². The second-order valence-electron chi connectivity index (χ2n) is 11.3. The Labute approximate surface area is 227 Å². The lowest BCUT2D eigenvalue weighted by Crippen LogP contribution is -2.49. The van der Waals surface area contributed by atoms with Gasteiger partial charge in [0.25, 0.3) is 5.56 Å². The van der Waals surface area contributed by atoms with Gasteiger partial charge in [0, 0.05) is 64.0 Å². The highest BCUT2D eigenvalue weighted by Gasteiger charge is 2.53. The van der Waals surface area contributed by atoms with Gasteiger partial charge in [-0.05, 0) is 45.1 Å².